The van der Waals surface area contributed by atoms with Gasteiger partial charge in [0.2, 0.25) is 0 Å². The maximum Gasteiger partial charge on any atom is 0.418 e. The number of ketones is 1. The highest BCUT2D eigenvalue weighted by Gasteiger charge is 2.34. The minimum Gasteiger partial charge on any atom is -0.481 e. The minimum atomic E-state index is -4.70. The van der Waals surface area contributed by atoms with Crippen LogP contribution in [-0.2, 0) is 15.3 Å². The van der Waals surface area contributed by atoms with Crippen LogP contribution in [0.4, 0.5) is 29.3 Å². The summed E-state index contributed by atoms with van der Waals surface area (Å²) < 4.78 is 44.1. The van der Waals surface area contributed by atoms with Crippen LogP contribution >= 0.6 is 23.5 Å². The molecule has 2 amide bonds. The van der Waals surface area contributed by atoms with Crippen LogP contribution in [0.25, 0.3) is 11.1 Å². The molecule has 0 heterocycles. The number of hydrogen-bond donors (Lipinski definition) is 3. The molecule has 0 radical (unpaired) electrons. The molecule has 7 nitrogen and oxygen atoms in total. The highest BCUT2D eigenvalue weighted by molar-refractivity contribution is 6.30. The number of carbonyl (C=O) groups is 3. The van der Waals surface area contributed by atoms with E-state index in [2.05, 4.69) is 14.9 Å². The molecular formula is C26H21Cl2F3N2O5. The van der Waals surface area contributed by atoms with Crippen LogP contribution in [0.1, 0.15) is 28.8 Å². The van der Waals surface area contributed by atoms with Crippen LogP contribution in [0.2, 0.25) is 5.02 Å². The lowest BCUT2D eigenvalue weighted by Crippen LogP contribution is -2.21. The molecule has 3 rings (SSSR count). The third kappa shape index (κ3) is 7.95. The molecule has 0 aliphatic heterocycles. The van der Waals surface area contributed by atoms with Crippen LogP contribution in [0.15, 0.2) is 66.7 Å². The van der Waals surface area contributed by atoms with Gasteiger partial charge in [0.05, 0.1) is 35.6 Å². The summed E-state index contributed by atoms with van der Waals surface area (Å²) in [5, 5.41) is 13.8. The molecule has 200 valence electrons. The minimum absolute atomic E-state index is 0.00692. The quantitative estimate of drug-likeness (QED) is 0.219. The number of carboxylic acids is 1. The molecule has 1 unspecified atom stereocenters. The topological polar surface area (TPSA) is 105 Å². The Kier molecular flexibility index (Phi) is 9.73. The van der Waals surface area contributed by atoms with Crippen molar-refractivity contribution >= 4 is 52.6 Å². The standard InChI is InChI=1S/C26H21Cl2F3N2O5/c27-19-7-10-22(21(14-19)26(29,30)31)33-25(37)32-20-8-5-16(6-9-20)15-1-3-17(4-2-15)23(34)13-18(24(35)36)11-12-38-28/h1-10,14,18H,11-13H2,(H,35,36)(H2,32,33,37). The first-order valence-electron chi connectivity index (χ1n) is 11.1. The first-order chi connectivity index (χ1) is 18.0. The van der Waals surface area contributed by atoms with Crippen molar-refractivity contribution in [2.24, 2.45) is 5.92 Å². The van der Waals surface area contributed by atoms with Gasteiger partial charge in [-0.05, 0) is 47.9 Å². The van der Waals surface area contributed by atoms with Crippen molar-refractivity contribution in [1.29, 1.82) is 0 Å². The van der Waals surface area contributed by atoms with E-state index in [9.17, 15) is 32.7 Å². The Hall–Kier alpha value is -3.60. The number of Topliss-reactive ketones (excluding diaryl/α,β-unsaturated/α-hetero) is 1. The Morgan fingerprint density at radius 3 is 2.08 bits per heavy atom. The average Bonchev–Trinajstić information content (AvgIpc) is 2.87. The highest BCUT2D eigenvalue weighted by Crippen LogP contribution is 2.36. The maximum atomic E-state index is 13.2. The monoisotopic (exact) mass is 568 g/mol. The molecule has 38 heavy (non-hydrogen) atoms. The molecule has 1 atom stereocenters. The van der Waals surface area contributed by atoms with E-state index in [4.69, 9.17) is 23.5 Å². The van der Waals surface area contributed by atoms with E-state index in [0.717, 1.165) is 23.3 Å². The summed E-state index contributed by atoms with van der Waals surface area (Å²) in [5.41, 5.74) is 0.671. The van der Waals surface area contributed by atoms with Gasteiger partial charge in [0.15, 0.2) is 5.78 Å². The molecule has 0 saturated heterocycles. The fraction of sp³-hybridized carbons (Fsp3) is 0.192. The van der Waals surface area contributed by atoms with E-state index in [1.165, 1.54) is 6.07 Å². The third-order valence-electron chi connectivity index (χ3n) is 5.54. The van der Waals surface area contributed by atoms with Gasteiger partial charge >= 0.3 is 18.2 Å². The Bertz CT molecular complexity index is 1300. The fourth-order valence-electron chi connectivity index (χ4n) is 3.58. The lowest BCUT2D eigenvalue weighted by atomic mass is 9.94. The summed E-state index contributed by atoms with van der Waals surface area (Å²) in [4.78, 5) is 36.1. The number of rotatable bonds is 10. The number of nitrogens with one attached hydrogen (secondary N) is 2. The zero-order valence-corrected chi connectivity index (χ0v) is 21.0. The number of carbonyl (C=O) groups excluding carboxylic acids is 2. The van der Waals surface area contributed by atoms with Crippen molar-refractivity contribution in [3.05, 3.63) is 82.9 Å². The molecule has 0 aliphatic rings. The fourth-order valence-corrected chi connectivity index (χ4v) is 3.84. The molecule has 0 aliphatic carbocycles. The van der Waals surface area contributed by atoms with Gasteiger partial charge in [-0.15, -0.1) is 0 Å². The smallest absolute Gasteiger partial charge is 0.418 e. The van der Waals surface area contributed by atoms with Gasteiger partial charge in [0.1, 0.15) is 0 Å². The van der Waals surface area contributed by atoms with Crippen molar-refractivity contribution in [3.8, 4) is 11.1 Å². The van der Waals surface area contributed by atoms with E-state index < -0.39 is 35.3 Å². The average molecular weight is 569 g/mol. The van der Waals surface area contributed by atoms with Crippen molar-refractivity contribution < 1.29 is 37.0 Å². The molecule has 3 aromatic carbocycles. The van der Waals surface area contributed by atoms with Gasteiger partial charge in [-0.1, -0.05) is 48.0 Å². The number of urea groups is 1. The Balaban J connectivity index is 1.63. The second-order valence-corrected chi connectivity index (χ2v) is 8.84. The molecule has 0 bridgehead atoms. The predicted octanol–water partition coefficient (Wildman–Crippen LogP) is 7.50. The molecule has 3 N–H and O–H groups in total. The number of alkyl halides is 3. The number of amides is 2. The number of halogens is 5. The first kappa shape index (κ1) is 29.0. The highest BCUT2D eigenvalue weighted by atomic mass is 35.5. The Morgan fingerprint density at radius 1 is 0.921 bits per heavy atom. The molecule has 0 spiro atoms. The number of aliphatic carboxylic acids is 1. The van der Waals surface area contributed by atoms with Gasteiger partial charge < -0.3 is 15.7 Å². The van der Waals surface area contributed by atoms with E-state index >= 15 is 0 Å². The predicted molar refractivity (Wildman–Crippen MR) is 137 cm³/mol. The zero-order valence-electron chi connectivity index (χ0n) is 19.5. The van der Waals surface area contributed by atoms with Crippen LogP contribution < -0.4 is 10.6 Å². The second-order valence-electron chi connectivity index (χ2n) is 8.19. The van der Waals surface area contributed by atoms with E-state index in [0.29, 0.717) is 11.3 Å². The summed E-state index contributed by atoms with van der Waals surface area (Å²) in [6.45, 7) is 0.00692. The summed E-state index contributed by atoms with van der Waals surface area (Å²) in [7, 11) is 0. The molecular weight excluding hydrogens is 548 g/mol. The summed E-state index contributed by atoms with van der Waals surface area (Å²) in [6, 6.07) is 15.2. The first-order valence-corrected chi connectivity index (χ1v) is 11.8. The van der Waals surface area contributed by atoms with E-state index in [1.807, 2.05) is 0 Å². The van der Waals surface area contributed by atoms with Gasteiger partial charge in [-0.2, -0.15) is 13.2 Å². The normalized spacial score (nSPS) is 12.0. The SMILES string of the molecule is O=C(Nc1ccc(-c2ccc(C(=O)CC(CCOCl)C(=O)O)cc2)cc1)Nc1ccc(Cl)cc1C(F)(F)F. The van der Waals surface area contributed by atoms with Gasteiger partial charge in [-0.25, -0.2) is 4.79 Å². The van der Waals surface area contributed by atoms with Crippen LogP contribution in [0, 0.1) is 5.92 Å². The van der Waals surface area contributed by atoms with Gasteiger partial charge in [0, 0.05) is 22.7 Å². The number of benzene rings is 3. The maximum absolute atomic E-state index is 13.2. The number of anilines is 2. The summed E-state index contributed by atoms with van der Waals surface area (Å²) in [5.74, 6) is -2.36. The Morgan fingerprint density at radius 2 is 1.53 bits per heavy atom. The largest absolute Gasteiger partial charge is 0.481 e. The van der Waals surface area contributed by atoms with Crippen molar-refractivity contribution in [2.75, 3.05) is 17.2 Å². The van der Waals surface area contributed by atoms with E-state index in [1.54, 1.807) is 48.5 Å². The van der Waals surface area contributed by atoms with Gasteiger partial charge in [-0.3, -0.25) is 13.9 Å². The van der Waals surface area contributed by atoms with Gasteiger partial charge in [0.25, 0.3) is 0 Å². The zero-order chi connectivity index (χ0) is 27.9. The van der Waals surface area contributed by atoms with Crippen LogP contribution in [0.5, 0.6) is 0 Å². The number of carboxylic acid groups (broad SMARTS) is 1. The van der Waals surface area contributed by atoms with Crippen molar-refractivity contribution in [3.63, 3.8) is 0 Å². The molecule has 3 aromatic rings. The van der Waals surface area contributed by atoms with Crippen LogP contribution in [0.3, 0.4) is 0 Å². The molecule has 0 aromatic heterocycles. The molecule has 0 fully saturated rings. The summed E-state index contributed by atoms with van der Waals surface area (Å²) in [6.07, 6.45) is -4.80. The third-order valence-corrected chi connectivity index (χ3v) is 5.93. The summed E-state index contributed by atoms with van der Waals surface area (Å²) >= 11 is 10.8. The van der Waals surface area contributed by atoms with Crippen molar-refractivity contribution in [1.82, 2.24) is 0 Å². The van der Waals surface area contributed by atoms with Crippen molar-refractivity contribution in [2.45, 2.75) is 19.0 Å². The number of hydrogen-bond acceptors (Lipinski definition) is 4. The molecule has 0 saturated carbocycles. The second kappa shape index (κ2) is 12.8. The Labute approximate surface area is 225 Å². The molecule has 12 heteroatoms. The lowest BCUT2D eigenvalue weighted by Gasteiger charge is -2.15. The van der Waals surface area contributed by atoms with E-state index in [-0.39, 0.29) is 30.3 Å². The lowest BCUT2D eigenvalue weighted by molar-refractivity contribution is -0.142. The van der Waals surface area contributed by atoms with Crippen LogP contribution in [-0.4, -0.2) is 29.5 Å².